The van der Waals surface area contributed by atoms with E-state index < -0.39 is 0 Å². The number of aliphatic hydroxyl groups excluding tert-OH is 1. The minimum atomic E-state index is 0.0463. The molecule has 0 fully saturated rings. The number of nitrogens with zero attached hydrogens (tertiary/aromatic N) is 2. The van der Waals surface area contributed by atoms with Crippen molar-refractivity contribution in [3.05, 3.63) is 59.4 Å². The Bertz CT molecular complexity index is 742. The van der Waals surface area contributed by atoms with Crippen molar-refractivity contribution in [2.45, 2.75) is 26.9 Å². The monoisotopic (exact) mass is 266 g/mol. The van der Waals surface area contributed by atoms with Crippen LogP contribution in [0.2, 0.25) is 0 Å². The topological polar surface area (TPSA) is 37.5 Å². The van der Waals surface area contributed by atoms with Crippen LogP contribution < -0.4 is 0 Å². The number of aromatic nitrogens is 2. The van der Waals surface area contributed by atoms with Crippen LogP contribution in [0, 0.1) is 6.92 Å². The largest absolute Gasteiger partial charge is 0.392 e. The third-order valence-electron chi connectivity index (χ3n) is 3.63. The van der Waals surface area contributed by atoms with Gasteiger partial charge in [0.05, 0.1) is 18.0 Å². The van der Waals surface area contributed by atoms with Crippen LogP contribution >= 0.6 is 0 Å². The molecule has 3 aromatic rings. The Hall–Kier alpha value is -2.13. The van der Waals surface area contributed by atoms with E-state index in [0.717, 1.165) is 28.9 Å². The Morgan fingerprint density at radius 2 is 1.90 bits per heavy atom. The van der Waals surface area contributed by atoms with Gasteiger partial charge < -0.3 is 9.51 Å². The van der Waals surface area contributed by atoms with E-state index in [9.17, 15) is 5.11 Å². The molecule has 0 bridgehead atoms. The van der Waals surface area contributed by atoms with Gasteiger partial charge in [0, 0.05) is 11.8 Å². The average Bonchev–Trinajstić information content (AvgIpc) is 2.85. The molecule has 102 valence electrons. The Morgan fingerprint density at radius 3 is 2.55 bits per heavy atom. The fraction of sp³-hybridized carbons (Fsp3) is 0.235. The van der Waals surface area contributed by atoms with Gasteiger partial charge in [-0.25, -0.2) is 4.98 Å². The van der Waals surface area contributed by atoms with E-state index in [2.05, 4.69) is 42.5 Å². The molecule has 0 aliphatic carbocycles. The molecule has 1 aromatic carbocycles. The molecule has 0 unspecified atom stereocenters. The molecule has 3 nitrogen and oxygen atoms in total. The van der Waals surface area contributed by atoms with Crippen LogP contribution in [0.5, 0.6) is 0 Å². The van der Waals surface area contributed by atoms with Gasteiger partial charge in [0.2, 0.25) is 0 Å². The zero-order valence-electron chi connectivity index (χ0n) is 11.8. The maximum absolute atomic E-state index is 9.24. The van der Waals surface area contributed by atoms with Gasteiger partial charge in [-0.15, -0.1) is 0 Å². The second-order valence-corrected chi connectivity index (χ2v) is 5.05. The van der Waals surface area contributed by atoms with Gasteiger partial charge >= 0.3 is 0 Å². The molecule has 0 aliphatic heterocycles. The molecule has 0 saturated heterocycles. The highest BCUT2D eigenvalue weighted by Gasteiger charge is 2.12. The number of rotatable bonds is 3. The predicted molar refractivity (Wildman–Crippen MR) is 80.7 cm³/mol. The lowest BCUT2D eigenvalue weighted by Gasteiger charge is -2.03. The number of pyridine rings is 1. The summed E-state index contributed by atoms with van der Waals surface area (Å²) in [5, 5.41) is 9.24. The number of benzene rings is 1. The summed E-state index contributed by atoms with van der Waals surface area (Å²) < 4.78 is 2.11. The number of hydrogen-bond donors (Lipinski definition) is 1. The second kappa shape index (κ2) is 5.10. The molecule has 0 aliphatic rings. The summed E-state index contributed by atoms with van der Waals surface area (Å²) in [6.07, 6.45) is 2.91. The molecule has 0 atom stereocenters. The van der Waals surface area contributed by atoms with Gasteiger partial charge in [-0.05, 0) is 31.0 Å². The highest BCUT2D eigenvalue weighted by atomic mass is 16.3. The highest BCUT2D eigenvalue weighted by Crippen LogP contribution is 2.25. The first-order valence-corrected chi connectivity index (χ1v) is 6.90. The van der Waals surface area contributed by atoms with Crippen LogP contribution in [0.4, 0.5) is 0 Å². The SMILES string of the molecule is CCc1c(-c2ccc(C)cc2)nc2cc(CO)ccn12. The summed E-state index contributed by atoms with van der Waals surface area (Å²) in [5.41, 5.74) is 6.40. The lowest BCUT2D eigenvalue weighted by atomic mass is 10.1. The molecule has 1 N–H and O–H groups in total. The lowest BCUT2D eigenvalue weighted by molar-refractivity contribution is 0.282. The van der Waals surface area contributed by atoms with Crippen LogP contribution in [0.25, 0.3) is 16.9 Å². The fourth-order valence-electron chi connectivity index (χ4n) is 2.52. The maximum Gasteiger partial charge on any atom is 0.138 e. The van der Waals surface area contributed by atoms with Gasteiger partial charge in [0.1, 0.15) is 5.65 Å². The number of fused-ring (bicyclic) bond motifs is 1. The molecule has 20 heavy (non-hydrogen) atoms. The smallest absolute Gasteiger partial charge is 0.138 e. The minimum Gasteiger partial charge on any atom is -0.392 e. The van der Waals surface area contributed by atoms with Gasteiger partial charge in [0.25, 0.3) is 0 Å². The molecular formula is C17H18N2O. The van der Waals surface area contributed by atoms with E-state index >= 15 is 0 Å². The van der Waals surface area contributed by atoms with Gasteiger partial charge in [-0.3, -0.25) is 0 Å². The van der Waals surface area contributed by atoms with E-state index in [0.29, 0.717) is 0 Å². The quantitative estimate of drug-likeness (QED) is 0.789. The number of aryl methyl sites for hydroxylation is 2. The molecule has 3 heteroatoms. The second-order valence-electron chi connectivity index (χ2n) is 5.05. The summed E-state index contributed by atoms with van der Waals surface area (Å²) in [5.74, 6) is 0. The van der Waals surface area contributed by atoms with Crippen LogP contribution in [-0.4, -0.2) is 14.5 Å². The summed E-state index contributed by atoms with van der Waals surface area (Å²) in [4.78, 5) is 4.74. The maximum atomic E-state index is 9.24. The van der Waals surface area contributed by atoms with Crippen LogP contribution in [0.1, 0.15) is 23.7 Å². The lowest BCUT2D eigenvalue weighted by Crippen LogP contribution is -1.93. The van der Waals surface area contributed by atoms with E-state index in [4.69, 9.17) is 4.98 Å². The van der Waals surface area contributed by atoms with Crippen LogP contribution in [0.15, 0.2) is 42.6 Å². The normalized spacial score (nSPS) is 11.2. The van der Waals surface area contributed by atoms with Crippen molar-refractivity contribution in [3.63, 3.8) is 0 Å². The average molecular weight is 266 g/mol. The molecule has 2 aromatic heterocycles. The zero-order valence-corrected chi connectivity index (χ0v) is 11.8. The zero-order chi connectivity index (χ0) is 14.1. The Morgan fingerprint density at radius 1 is 1.15 bits per heavy atom. The summed E-state index contributed by atoms with van der Waals surface area (Å²) in [7, 11) is 0. The van der Waals surface area contributed by atoms with Gasteiger partial charge in [-0.1, -0.05) is 36.8 Å². The van der Waals surface area contributed by atoms with Crippen molar-refractivity contribution in [2.24, 2.45) is 0 Å². The number of hydrogen-bond acceptors (Lipinski definition) is 2. The van der Waals surface area contributed by atoms with Crippen molar-refractivity contribution < 1.29 is 5.11 Å². The summed E-state index contributed by atoms with van der Waals surface area (Å²) >= 11 is 0. The van der Waals surface area contributed by atoms with Crippen LogP contribution in [0.3, 0.4) is 0 Å². The summed E-state index contributed by atoms with van der Waals surface area (Å²) in [6.45, 7) is 4.27. The van der Waals surface area contributed by atoms with E-state index in [1.807, 2.05) is 18.3 Å². The summed E-state index contributed by atoms with van der Waals surface area (Å²) in [6, 6.07) is 12.3. The number of aliphatic hydroxyl groups is 1. The Balaban J connectivity index is 2.21. The van der Waals surface area contributed by atoms with E-state index in [-0.39, 0.29) is 6.61 Å². The molecule has 0 radical (unpaired) electrons. The standard InChI is InChI=1S/C17H18N2O/c1-3-15-17(14-6-4-12(2)5-7-14)18-16-10-13(11-20)8-9-19(15)16/h4-10,20H,3,11H2,1-2H3. The third kappa shape index (κ3) is 2.10. The van der Waals surface area contributed by atoms with Crippen molar-refractivity contribution in [1.29, 1.82) is 0 Å². The molecule has 0 spiro atoms. The van der Waals surface area contributed by atoms with E-state index in [1.165, 1.54) is 11.3 Å². The van der Waals surface area contributed by atoms with Crippen molar-refractivity contribution in [3.8, 4) is 11.3 Å². The van der Waals surface area contributed by atoms with Gasteiger partial charge in [-0.2, -0.15) is 0 Å². The number of imidazole rings is 1. The predicted octanol–water partition coefficient (Wildman–Crippen LogP) is 3.36. The molecule has 0 amide bonds. The Labute approximate surface area is 118 Å². The Kier molecular flexibility index (Phi) is 3.28. The molecule has 3 rings (SSSR count). The van der Waals surface area contributed by atoms with Crippen molar-refractivity contribution in [2.75, 3.05) is 0 Å². The first kappa shape index (κ1) is 12.9. The fourth-order valence-corrected chi connectivity index (χ4v) is 2.52. The van der Waals surface area contributed by atoms with Crippen molar-refractivity contribution >= 4 is 5.65 Å². The molecule has 0 saturated carbocycles. The third-order valence-corrected chi connectivity index (χ3v) is 3.63. The van der Waals surface area contributed by atoms with E-state index in [1.54, 1.807) is 0 Å². The van der Waals surface area contributed by atoms with Crippen LogP contribution in [-0.2, 0) is 13.0 Å². The molecular weight excluding hydrogens is 248 g/mol. The first-order valence-electron chi connectivity index (χ1n) is 6.90. The molecule has 2 heterocycles. The van der Waals surface area contributed by atoms with Gasteiger partial charge in [0.15, 0.2) is 0 Å². The first-order chi connectivity index (χ1) is 9.72. The minimum absolute atomic E-state index is 0.0463. The highest BCUT2D eigenvalue weighted by molar-refractivity contribution is 5.67. The van der Waals surface area contributed by atoms with Crippen molar-refractivity contribution in [1.82, 2.24) is 9.38 Å².